The summed E-state index contributed by atoms with van der Waals surface area (Å²) in [7, 11) is 8.43. The molecule has 1 aliphatic heterocycles. The molecule has 1 heterocycles. The van der Waals surface area contributed by atoms with E-state index < -0.39 is 0 Å². The molecule has 3 unspecified atom stereocenters. The number of hydrogen-bond acceptors (Lipinski definition) is 1. The zero-order chi connectivity index (χ0) is 11.8. The third kappa shape index (κ3) is 2.61. The highest BCUT2D eigenvalue weighted by Gasteiger charge is 2.34. The third-order valence-electron chi connectivity index (χ3n) is 4.45. The molecule has 0 N–H and O–H groups in total. The summed E-state index contributed by atoms with van der Waals surface area (Å²) in [5, 5.41) is 0.0383. The molecule has 2 aliphatic rings. The van der Waals surface area contributed by atoms with E-state index in [0.29, 0.717) is 5.92 Å². The summed E-state index contributed by atoms with van der Waals surface area (Å²) in [5.74, 6) is 1.46. The Morgan fingerprint density at radius 2 is 2.06 bits per heavy atom. The molecule has 2 rings (SSSR count). The molecule has 0 aromatic heterocycles. The van der Waals surface area contributed by atoms with Gasteiger partial charge in [0.25, 0.3) is 0 Å². The van der Waals surface area contributed by atoms with Gasteiger partial charge >= 0.3 is 0 Å². The van der Waals surface area contributed by atoms with Crippen molar-refractivity contribution in [3.05, 3.63) is 0 Å². The second-order valence-electron chi connectivity index (χ2n) is 6.00. The van der Waals surface area contributed by atoms with Crippen molar-refractivity contribution in [3.8, 4) is 0 Å². The average Bonchev–Trinajstić information content (AvgIpc) is 2.20. The van der Waals surface area contributed by atoms with E-state index in [1.165, 1.54) is 37.1 Å². The van der Waals surface area contributed by atoms with Gasteiger partial charge in [-0.1, -0.05) is 43.7 Å². The zero-order valence-electron chi connectivity index (χ0n) is 10.5. The molecule has 0 bridgehead atoms. The van der Waals surface area contributed by atoms with Gasteiger partial charge in [0, 0.05) is 19.5 Å². The molecule has 1 saturated carbocycles. The molecular formula is C13H22BNS. The fourth-order valence-corrected chi connectivity index (χ4v) is 3.64. The Labute approximate surface area is 106 Å². The van der Waals surface area contributed by atoms with Gasteiger partial charge in [0.15, 0.2) is 0 Å². The summed E-state index contributed by atoms with van der Waals surface area (Å²) < 4.78 is 0. The van der Waals surface area contributed by atoms with Crippen molar-refractivity contribution in [3.63, 3.8) is 0 Å². The van der Waals surface area contributed by atoms with Crippen LogP contribution in [0.4, 0.5) is 0 Å². The van der Waals surface area contributed by atoms with Crippen LogP contribution in [0.3, 0.4) is 0 Å². The van der Waals surface area contributed by atoms with Crippen molar-refractivity contribution in [1.82, 2.24) is 4.90 Å². The van der Waals surface area contributed by atoms with Crippen LogP contribution in [0.25, 0.3) is 0 Å². The second kappa shape index (κ2) is 4.68. The molecular weight excluding hydrogens is 213 g/mol. The average molecular weight is 235 g/mol. The molecule has 16 heavy (non-hydrogen) atoms. The number of likely N-dealkylation sites (tertiary alicyclic amines) is 1. The smallest absolute Gasteiger partial charge is 0.0810 e. The normalized spacial score (nSPS) is 41.1. The van der Waals surface area contributed by atoms with E-state index in [2.05, 4.69) is 18.9 Å². The maximum atomic E-state index is 6.29. The van der Waals surface area contributed by atoms with E-state index in [-0.39, 0.29) is 5.31 Å². The maximum Gasteiger partial charge on any atom is 0.0810 e. The number of thiocarbonyl (C=S) groups is 1. The van der Waals surface area contributed by atoms with Gasteiger partial charge in [-0.2, -0.15) is 0 Å². The Balaban J connectivity index is 2.07. The van der Waals surface area contributed by atoms with Crippen LogP contribution in [0.15, 0.2) is 0 Å². The van der Waals surface area contributed by atoms with Gasteiger partial charge in [-0.3, -0.25) is 0 Å². The summed E-state index contributed by atoms with van der Waals surface area (Å²) in [6.45, 7) is 3.35. The Morgan fingerprint density at radius 3 is 2.81 bits per heavy atom. The highest BCUT2D eigenvalue weighted by molar-refractivity contribution is 7.80. The van der Waals surface area contributed by atoms with Gasteiger partial charge in [-0.15, -0.1) is 0 Å². The van der Waals surface area contributed by atoms with Gasteiger partial charge in [-0.25, -0.2) is 0 Å². The van der Waals surface area contributed by atoms with E-state index in [1.807, 2.05) is 0 Å². The molecule has 1 saturated heterocycles. The Bertz CT molecular complexity index is 277. The van der Waals surface area contributed by atoms with Crippen LogP contribution in [-0.4, -0.2) is 31.3 Å². The van der Waals surface area contributed by atoms with Gasteiger partial charge in [0.1, 0.15) is 0 Å². The van der Waals surface area contributed by atoms with Gasteiger partial charge in [-0.05, 0) is 25.2 Å². The molecule has 0 aromatic rings. The summed E-state index contributed by atoms with van der Waals surface area (Å²) in [4.78, 5) is 3.46. The van der Waals surface area contributed by atoms with Gasteiger partial charge in [0.05, 0.1) is 12.8 Å². The summed E-state index contributed by atoms with van der Waals surface area (Å²) in [6.07, 6.45) is 7.43. The molecule has 88 valence electrons. The van der Waals surface area contributed by atoms with Crippen molar-refractivity contribution in [1.29, 1.82) is 0 Å². The molecule has 3 atom stereocenters. The van der Waals surface area contributed by atoms with Crippen LogP contribution in [0.1, 0.15) is 45.4 Å². The van der Waals surface area contributed by atoms with E-state index in [9.17, 15) is 0 Å². The minimum atomic E-state index is 0.0383. The topological polar surface area (TPSA) is 3.24 Å². The Kier molecular flexibility index (Phi) is 3.63. The Morgan fingerprint density at radius 1 is 1.31 bits per heavy atom. The number of piperidine rings is 1. The third-order valence-corrected chi connectivity index (χ3v) is 5.06. The zero-order valence-corrected chi connectivity index (χ0v) is 11.4. The summed E-state index contributed by atoms with van der Waals surface area (Å²) in [6, 6.07) is 0. The molecule has 1 nitrogen and oxygen atoms in total. The minimum absolute atomic E-state index is 0.0383. The lowest BCUT2D eigenvalue weighted by molar-refractivity contribution is 0.226. The number of nitrogens with zero attached hydrogens (tertiary/aromatic N) is 1. The van der Waals surface area contributed by atoms with E-state index in [1.54, 1.807) is 0 Å². The van der Waals surface area contributed by atoms with Crippen LogP contribution in [0, 0.1) is 11.8 Å². The number of rotatable bonds is 0. The van der Waals surface area contributed by atoms with E-state index in [0.717, 1.165) is 18.9 Å². The van der Waals surface area contributed by atoms with Crippen LogP contribution >= 0.6 is 12.2 Å². The second-order valence-corrected chi connectivity index (χ2v) is 6.42. The number of hydrogen-bond donors (Lipinski definition) is 0. The van der Waals surface area contributed by atoms with E-state index in [4.69, 9.17) is 20.1 Å². The molecule has 2 fully saturated rings. The minimum Gasteiger partial charge on any atom is -0.369 e. The molecule has 1 aliphatic carbocycles. The quantitative estimate of drug-likeness (QED) is 0.468. The first-order valence-electron chi connectivity index (χ1n) is 6.53. The maximum absolute atomic E-state index is 6.29. The highest BCUT2D eigenvalue weighted by atomic mass is 32.1. The van der Waals surface area contributed by atoms with Crippen LogP contribution in [0.2, 0.25) is 5.31 Å². The predicted octanol–water partition coefficient (Wildman–Crippen LogP) is 3.19. The predicted molar refractivity (Wildman–Crippen MR) is 74.0 cm³/mol. The SMILES string of the molecule is [B]C1(C)CCCC2CCN(C)C(=S)C2CC1. The standard InChI is InChI=1S/C13H22BNS/c1-13(14)7-3-4-10-6-9-15(2)12(16)11(10)5-8-13/h10-11H,3-9H2,1-2H3. The fraction of sp³-hybridized carbons (Fsp3) is 0.923. The largest absolute Gasteiger partial charge is 0.369 e. The first kappa shape index (κ1) is 12.4. The lowest BCUT2D eigenvalue weighted by Crippen LogP contribution is -2.43. The highest BCUT2D eigenvalue weighted by Crippen LogP contribution is 2.43. The van der Waals surface area contributed by atoms with Crippen molar-refractivity contribution < 1.29 is 0 Å². The summed E-state index contributed by atoms with van der Waals surface area (Å²) in [5.41, 5.74) is 0. The molecule has 3 heteroatoms. The van der Waals surface area contributed by atoms with Gasteiger partial charge in [0.2, 0.25) is 0 Å². The van der Waals surface area contributed by atoms with Gasteiger partial charge < -0.3 is 4.90 Å². The first-order valence-corrected chi connectivity index (χ1v) is 6.94. The number of fused-ring (bicyclic) bond motifs is 1. The molecule has 0 amide bonds. The summed E-state index contributed by atoms with van der Waals surface area (Å²) >= 11 is 5.59. The Hall–Kier alpha value is -0.0451. The molecule has 0 aromatic carbocycles. The monoisotopic (exact) mass is 235 g/mol. The lowest BCUT2D eigenvalue weighted by Gasteiger charge is -2.42. The van der Waals surface area contributed by atoms with E-state index >= 15 is 0 Å². The molecule has 0 spiro atoms. The van der Waals surface area contributed by atoms with Crippen molar-refractivity contribution >= 4 is 25.1 Å². The fourth-order valence-electron chi connectivity index (χ4n) is 3.24. The van der Waals surface area contributed by atoms with Crippen LogP contribution in [0.5, 0.6) is 0 Å². The van der Waals surface area contributed by atoms with Crippen LogP contribution < -0.4 is 0 Å². The molecule has 2 radical (unpaired) electrons. The first-order chi connectivity index (χ1) is 7.49. The van der Waals surface area contributed by atoms with Crippen molar-refractivity contribution in [2.45, 2.75) is 50.8 Å². The van der Waals surface area contributed by atoms with Crippen molar-refractivity contribution in [2.24, 2.45) is 11.8 Å². The van der Waals surface area contributed by atoms with Crippen molar-refractivity contribution in [2.75, 3.05) is 13.6 Å². The van der Waals surface area contributed by atoms with Crippen LogP contribution in [-0.2, 0) is 0 Å². The lowest BCUT2D eigenvalue weighted by atomic mass is 9.60.